The third-order valence-corrected chi connectivity index (χ3v) is 7.83. The molecule has 19 nitrogen and oxygen atoms in total. The Morgan fingerprint density at radius 1 is 1.19 bits per heavy atom. The number of nitrogens with zero attached hydrogens (tertiary/aromatic N) is 3. The Hall–Kier alpha value is -1.56. The minimum absolute atomic E-state index is 0.0901. The van der Waals surface area contributed by atoms with E-state index in [9.17, 15) is 33.6 Å². The Labute approximate surface area is 176 Å². The highest BCUT2D eigenvalue weighted by atomic mass is 31.3. The van der Waals surface area contributed by atoms with Crippen LogP contribution in [0.3, 0.4) is 0 Å². The van der Waals surface area contributed by atoms with Crippen LogP contribution in [0.25, 0.3) is 11.2 Å². The average molecular weight is 522 g/mol. The lowest BCUT2D eigenvalue weighted by atomic mass is 10.1. The highest BCUT2D eigenvalue weighted by Gasteiger charge is 2.46. The summed E-state index contributed by atoms with van der Waals surface area (Å²) >= 11 is 0. The number of imidazole rings is 1. The molecule has 180 valence electrons. The second kappa shape index (κ2) is 8.66. The molecular formula is C10H17N6O13P3. The van der Waals surface area contributed by atoms with Crippen LogP contribution in [0.1, 0.15) is 6.23 Å². The van der Waals surface area contributed by atoms with Crippen LogP contribution in [0.15, 0.2) is 11.1 Å². The Morgan fingerprint density at radius 3 is 2.47 bits per heavy atom. The maximum atomic E-state index is 12.0. The van der Waals surface area contributed by atoms with Gasteiger partial charge < -0.3 is 35.4 Å². The van der Waals surface area contributed by atoms with E-state index in [2.05, 4.69) is 28.1 Å². The van der Waals surface area contributed by atoms with Gasteiger partial charge in [0.05, 0.1) is 12.9 Å². The number of aromatic amines is 1. The summed E-state index contributed by atoms with van der Waals surface area (Å²) in [6, 6.07) is 0. The largest absolute Gasteiger partial charge is 0.489 e. The Kier molecular flexibility index (Phi) is 6.78. The number of anilines is 1. The van der Waals surface area contributed by atoms with E-state index in [-0.39, 0.29) is 17.1 Å². The molecule has 3 rings (SSSR count). The monoisotopic (exact) mass is 522 g/mol. The van der Waals surface area contributed by atoms with Gasteiger partial charge in [-0.25, -0.2) is 24.2 Å². The van der Waals surface area contributed by atoms with Crippen molar-refractivity contribution in [1.29, 1.82) is 0 Å². The maximum absolute atomic E-state index is 12.0. The topological polar surface area (TPSA) is 305 Å². The van der Waals surface area contributed by atoms with Gasteiger partial charge in [0.25, 0.3) is 5.56 Å². The number of rotatable bonds is 8. The van der Waals surface area contributed by atoms with Crippen molar-refractivity contribution in [3.05, 3.63) is 16.7 Å². The minimum Gasteiger partial charge on any atom is -0.387 e. The minimum atomic E-state index is -5.61. The maximum Gasteiger partial charge on any atom is 0.489 e. The van der Waals surface area contributed by atoms with Crippen molar-refractivity contribution in [2.45, 2.75) is 24.5 Å². The number of nitrogens with one attached hydrogen (secondary N) is 1. The van der Waals surface area contributed by atoms with Crippen LogP contribution in [-0.2, 0) is 31.6 Å². The van der Waals surface area contributed by atoms with Gasteiger partial charge in [0.1, 0.15) is 18.3 Å². The fraction of sp³-hybridized carbons (Fsp3) is 0.500. The molecule has 1 aliphatic rings. The lowest BCUT2D eigenvalue weighted by molar-refractivity contribution is -0.0484. The number of ether oxygens (including phenoxy) is 1. The van der Waals surface area contributed by atoms with E-state index in [1.807, 2.05) is 0 Å². The van der Waals surface area contributed by atoms with E-state index in [1.54, 1.807) is 0 Å². The van der Waals surface area contributed by atoms with Gasteiger partial charge in [-0.2, -0.15) is 13.6 Å². The number of H-pyrrole nitrogens is 1. The van der Waals surface area contributed by atoms with Gasteiger partial charge in [-0.05, 0) is 0 Å². The summed E-state index contributed by atoms with van der Waals surface area (Å²) in [6.45, 7) is -0.888. The van der Waals surface area contributed by atoms with Gasteiger partial charge >= 0.3 is 23.4 Å². The number of nitrogen functional groups attached to an aromatic ring is 1. The summed E-state index contributed by atoms with van der Waals surface area (Å²) in [5, 5.41) is 20.5. The summed E-state index contributed by atoms with van der Waals surface area (Å²) in [6.07, 6.45) is -5.09. The zero-order valence-corrected chi connectivity index (χ0v) is 18.1. The second-order valence-corrected chi connectivity index (χ2v) is 10.8. The van der Waals surface area contributed by atoms with Gasteiger partial charge in [-0.1, -0.05) is 0 Å². The quantitative estimate of drug-likeness (QED) is 0.168. The van der Waals surface area contributed by atoms with E-state index in [4.69, 9.17) is 25.8 Å². The van der Waals surface area contributed by atoms with Crippen LogP contribution < -0.4 is 16.8 Å². The van der Waals surface area contributed by atoms with Crippen LogP contribution in [-0.4, -0.2) is 69.3 Å². The molecule has 2 unspecified atom stereocenters. The number of hydrogen-bond acceptors (Lipinski definition) is 13. The van der Waals surface area contributed by atoms with Crippen LogP contribution in [0.4, 0.5) is 5.95 Å². The Bertz CT molecular complexity index is 1210. The first-order valence-corrected chi connectivity index (χ1v) is 12.8. The molecule has 3 heterocycles. The molecule has 0 radical (unpaired) electrons. The molecule has 22 heteroatoms. The van der Waals surface area contributed by atoms with Crippen molar-refractivity contribution < 1.29 is 56.5 Å². The lowest BCUT2D eigenvalue weighted by Crippen LogP contribution is -2.34. The second-order valence-electron chi connectivity index (χ2n) is 6.28. The molecule has 0 bridgehead atoms. The van der Waals surface area contributed by atoms with Crippen LogP contribution in [0, 0.1) is 0 Å². The number of nitrogens with two attached hydrogens (primary N) is 2. The fourth-order valence-corrected chi connectivity index (χ4v) is 5.88. The average Bonchev–Trinajstić information content (AvgIpc) is 3.12. The van der Waals surface area contributed by atoms with Crippen molar-refractivity contribution in [3.63, 3.8) is 0 Å². The first kappa shape index (κ1) is 25.1. The van der Waals surface area contributed by atoms with Crippen LogP contribution >= 0.6 is 23.4 Å². The number of aromatic nitrogens is 4. The van der Waals surface area contributed by atoms with E-state index in [0.717, 1.165) is 10.9 Å². The highest BCUT2D eigenvalue weighted by molar-refractivity contribution is 7.67. The summed E-state index contributed by atoms with van der Waals surface area (Å²) in [5.41, 5.74) is 9.66. The molecule has 2 aromatic heterocycles. The normalized spacial score (nSPS) is 27.9. The molecule has 0 saturated carbocycles. The third-order valence-electron chi connectivity index (χ3n) is 3.91. The van der Waals surface area contributed by atoms with Crippen LogP contribution in [0.5, 0.6) is 0 Å². The molecule has 1 saturated heterocycles. The molecule has 6 atom stereocenters. The van der Waals surface area contributed by atoms with E-state index in [1.165, 1.54) is 0 Å². The number of phosphoric acid groups is 2. The van der Waals surface area contributed by atoms with Crippen molar-refractivity contribution in [3.8, 4) is 0 Å². The first-order chi connectivity index (χ1) is 14.6. The van der Waals surface area contributed by atoms with Gasteiger partial charge in [-0.3, -0.25) is 18.9 Å². The smallest absolute Gasteiger partial charge is 0.387 e. The van der Waals surface area contributed by atoms with Crippen LogP contribution in [0.2, 0.25) is 0 Å². The van der Waals surface area contributed by atoms with Gasteiger partial charge in [0.15, 0.2) is 17.4 Å². The molecule has 1 fully saturated rings. The zero-order chi connectivity index (χ0) is 24.1. The summed E-state index contributed by atoms with van der Waals surface area (Å²) in [5.74, 6) is -0.260. The summed E-state index contributed by atoms with van der Waals surface area (Å²) in [4.78, 5) is 48.0. The highest BCUT2D eigenvalue weighted by Crippen LogP contribution is 2.65. The van der Waals surface area contributed by atoms with Gasteiger partial charge in [0.2, 0.25) is 5.95 Å². The van der Waals surface area contributed by atoms with Crippen molar-refractivity contribution in [2.75, 3.05) is 12.3 Å². The molecule has 1 aliphatic heterocycles. The van der Waals surface area contributed by atoms with Crippen molar-refractivity contribution >= 4 is 40.5 Å². The van der Waals surface area contributed by atoms with Gasteiger partial charge in [0, 0.05) is 0 Å². The molecule has 0 aromatic carbocycles. The molecule has 0 aliphatic carbocycles. The van der Waals surface area contributed by atoms with E-state index in [0.29, 0.717) is 0 Å². The van der Waals surface area contributed by atoms with Crippen molar-refractivity contribution in [2.24, 2.45) is 5.50 Å². The fourth-order valence-electron chi connectivity index (χ4n) is 2.72. The standard InChI is InChI=1S/C10H17N6O13P3/c11-10-14-7-4(8(19)15-10)13-2-16(7)9-6(18)5(17)3(27-9)1-26-30(12,20)28-32(24,25)29-31(21,22)23/h2-3,5-6,9,17-18H,1H2,(H2,12,20)(H,24,25)(H2,21,22,23)(H3,11,14,15,19)/t3-,5-,6-,9-,30?/m1/s1. The lowest BCUT2D eigenvalue weighted by Gasteiger charge is -2.20. The summed E-state index contributed by atoms with van der Waals surface area (Å²) in [7, 11) is -16.1. The molecule has 0 spiro atoms. The molecule has 10 N–H and O–H groups in total. The van der Waals surface area contributed by atoms with Gasteiger partial charge in [-0.15, -0.1) is 0 Å². The SMILES string of the molecule is Nc1nc2c(ncn2[C@@H]2O[C@H](COP(N)(=O)OP(=O)(O)OP(=O)(O)O)[C@@H](O)[C@H]2O)c(=O)[nH]1. The molecule has 0 amide bonds. The number of hydrogen-bond donors (Lipinski definition) is 8. The van der Waals surface area contributed by atoms with E-state index >= 15 is 0 Å². The van der Waals surface area contributed by atoms with E-state index < -0.39 is 60.1 Å². The predicted molar refractivity (Wildman–Crippen MR) is 100 cm³/mol. The number of aliphatic hydroxyl groups excluding tert-OH is 2. The molecular weight excluding hydrogens is 505 g/mol. The number of aliphatic hydroxyl groups is 2. The first-order valence-electron chi connectivity index (χ1n) is 8.17. The number of fused-ring (bicyclic) bond motifs is 1. The molecule has 32 heavy (non-hydrogen) atoms. The van der Waals surface area contributed by atoms with Crippen molar-refractivity contribution in [1.82, 2.24) is 19.5 Å². The summed E-state index contributed by atoms with van der Waals surface area (Å²) < 4.78 is 52.6. The Morgan fingerprint density at radius 2 is 1.84 bits per heavy atom. The third kappa shape index (κ3) is 5.67. The predicted octanol–water partition coefficient (Wildman–Crippen LogP) is -2.37. The molecule has 2 aromatic rings. The Balaban J connectivity index is 1.72. The zero-order valence-electron chi connectivity index (χ0n) is 15.4.